The Labute approximate surface area is 80.2 Å². The molecule has 1 aromatic carbocycles. The third-order valence-electron chi connectivity index (χ3n) is 3.00. The van der Waals surface area contributed by atoms with Gasteiger partial charge < -0.3 is 5.32 Å². The summed E-state index contributed by atoms with van der Waals surface area (Å²) in [5.74, 6) is 0. The molecule has 2 rings (SSSR count). The fraction of sp³-hybridized carbons (Fsp3) is 0.500. The fourth-order valence-electron chi connectivity index (χ4n) is 2.24. The molecule has 0 bridgehead atoms. The Bertz CT molecular complexity index is 304. The lowest BCUT2D eigenvalue weighted by Gasteiger charge is -2.27. The first-order chi connectivity index (χ1) is 6.33. The first kappa shape index (κ1) is 8.76. The molecule has 1 N–H and O–H groups in total. The van der Waals surface area contributed by atoms with Gasteiger partial charge in [-0.3, -0.25) is 0 Å². The van der Waals surface area contributed by atoms with E-state index in [4.69, 9.17) is 0 Å². The van der Waals surface area contributed by atoms with Gasteiger partial charge in [-0.2, -0.15) is 0 Å². The van der Waals surface area contributed by atoms with E-state index in [0.29, 0.717) is 6.04 Å². The van der Waals surface area contributed by atoms with Crippen molar-refractivity contribution in [3.63, 3.8) is 0 Å². The van der Waals surface area contributed by atoms with Gasteiger partial charge in [-0.1, -0.05) is 25.1 Å². The largest absolute Gasteiger partial charge is 0.310 e. The minimum absolute atomic E-state index is 0.587. The maximum atomic E-state index is 3.55. The molecule has 1 nitrogen and oxygen atoms in total. The highest BCUT2D eigenvalue weighted by Gasteiger charge is 2.18. The topological polar surface area (TPSA) is 12.0 Å². The minimum Gasteiger partial charge on any atom is -0.310 e. The zero-order valence-corrected chi connectivity index (χ0v) is 8.43. The summed E-state index contributed by atoms with van der Waals surface area (Å²) in [6.45, 7) is 5.60. The number of benzene rings is 1. The molecule has 0 spiro atoms. The molecule has 1 atom stereocenters. The van der Waals surface area contributed by atoms with Crippen LogP contribution in [-0.2, 0) is 6.42 Å². The van der Waals surface area contributed by atoms with Crippen molar-refractivity contribution >= 4 is 0 Å². The van der Waals surface area contributed by atoms with E-state index in [1.807, 2.05) is 0 Å². The molecule has 0 amide bonds. The Morgan fingerprint density at radius 3 is 3.08 bits per heavy atom. The third kappa shape index (κ3) is 1.49. The summed E-state index contributed by atoms with van der Waals surface area (Å²) in [5, 5.41) is 3.55. The fourth-order valence-corrected chi connectivity index (χ4v) is 2.24. The second-order valence-electron chi connectivity index (χ2n) is 3.81. The molecule has 70 valence electrons. The van der Waals surface area contributed by atoms with Crippen LogP contribution in [0.25, 0.3) is 0 Å². The van der Waals surface area contributed by atoms with E-state index in [1.165, 1.54) is 24.0 Å². The van der Waals surface area contributed by atoms with E-state index in [0.717, 1.165) is 6.54 Å². The average molecular weight is 175 g/mol. The van der Waals surface area contributed by atoms with Gasteiger partial charge in [0.05, 0.1) is 0 Å². The number of rotatable bonds is 1. The number of hydrogen-bond acceptors (Lipinski definition) is 1. The lowest BCUT2D eigenvalue weighted by Crippen LogP contribution is -2.29. The zero-order chi connectivity index (χ0) is 9.26. The summed E-state index contributed by atoms with van der Waals surface area (Å²) in [6.07, 6.45) is 2.38. The van der Waals surface area contributed by atoms with Crippen LogP contribution in [-0.4, -0.2) is 6.54 Å². The van der Waals surface area contributed by atoms with Crippen LogP contribution >= 0.6 is 0 Å². The average Bonchev–Trinajstić information content (AvgIpc) is 2.18. The molecule has 0 aromatic heterocycles. The predicted octanol–water partition coefficient (Wildman–Crippen LogP) is 2.59. The van der Waals surface area contributed by atoms with Crippen molar-refractivity contribution in [3.05, 3.63) is 34.9 Å². The van der Waals surface area contributed by atoms with Crippen LogP contribution in [0.15, 0.2) is 18.2 Å². The SMILES string of the molecule is CCC1NCCc2c(C)cccc21. The van der Waals surface area contributed by atoms with Gasteiger partial charge >= 0.3 is 0 Å². The molecule has 1 aromatic rings. The van der Waals surface area contributed by atoms with Gasteiger partial charge in [0.15, 0.2) is 0 Å². The highest BCUT2D eigenvalue weighted by molar-refractivity contribution is 5.38. The van der Waals surface area contributed by atoms with Gasteiger partial charge in [-0.05, 0) is 43.0 Å². The molecule has 0 saturated heterocycles. The Hall–Kier alpha value is -0.820. The van der Waals surface area contributed by atoms with Gasteiger partial charge in [-0.15, -0.1) is 0 Å². The molecule has 0 radical (unpaired) electrons. The summed E-state index contributed by atoms with van der Waals surface area (Å²) in [7, 11) is 0. The molecule has 13 heavy (non-hydrogen) atoms. The molecule has 0 fully saturated rings. The van der Waals surface area contributed by atoms with Crippen LogP contribution in [0.1, 0.15) is 36.1 Å². The molecular weight excluding hydrogens is 158 g/mol. The monoisotopic (exact) mass is 175 g/mol. The number of hydrogen-bond donors (Lipinski definition) is 1. The van der Waals surface area contributed by atoms with E-state index in [-0.39, 0.29) is 0 Å². The maximum absolute atomic E-state index is 3.55. The van der Waals surface area contributed by atoms with Crippen LogP contribution in [0.5, 0.6) is 0 Å². The summed E-state index contributed by atoms with van der Waals surface area (Å²) in [6, 6.07) is 7.24. The lowest BCUT2D eigenvalue weighted by atomic mass is 9.90. The number of nitrogens with one attached hydrogen (secondary N) is 1. The van der Waals surface area contributed by atoms with Gasteiger partial charge in [0, 0.05) is 6.04 Å². The molecule has 1 aliphatic heterocycles. The van der Waals surface area contributed by atoms with Crippen molar-refractivity contribution in [2.75, 3.05) is 6.54 Å². The highest BCUT2D eigenvalue weighted by atomic mass is 14.9. The Morgan fingerprint density at radius 1 is 1.46 bits per heavy atom. The van der Waals surface area contributed by atoms with Crippen molar-refractivity contribution in [2.24, 2.45) is 0 Å². The maximum Gasteiger partial charge on any atom is 0.0320 e. The molecule has 0 saturated carbocycles. The standard InChI is InChI=1S/C12H17N/c1-3-12-11-6-4-5-9(2)10(11)7-8-13-12/h4-6,12-13H,3,7-8H2,1-2H3. The Morgan fingerprint density at radius 2 is 2.31 bits per heavy atom. The first-order valence-corrected chi connectivity index (χ1v) is 5.14. The van der Waals surface area contributed by atoms with Crippen molar-refractivity contribution in [1.82, 2.24) is 5.32 Å². The van der Waals surface area contributed by atoms with Crippen molar-refractivity contribution in [1.29, 1.82) is 0 Å². The van der Waals surface area contributed by atoms with Gasteiger partial charge in [-0.25, -0.2) is 0 Å². The van der Waals surface area contributed by atoms with Crippen LogP contribution in [0.4, 0.5) is 0 Å². The normalized spacial score (nSPS) is 21.2. The lowest BCUT2D eigenvalue weighted by molar-refractivity contribution is 0.491. The van der Waals surface area contributed by atoms with E-state index in [2.05, 4.69) is 37.4 Å². The zero-order valence-electron chi connectivity index (χ0n) is 8.43. The van der Waals surface area contributed by atoms with Crippen LogP contribution in [0.2, 0.25) is 0 Å². The third-order valence-corrected chi connectivity index (χ3v) is 3.00. The molecule has 1 aliphatic rings. The van der Waals surface area contributed by atoms with Gasteiger partial charge in [0.25, 0.3) is 0 Å². The molecule has 1 heteroatoms. The van der Waals surface area contributed by atoms with E-state index < -0.39 is 0 Å². The van der Waals surface area contributed by atoms with Crippen molar-refractivity contribution < 1.29 is 0 Å². The number of aryl methyl sites for hydroxylation is 1. The van der Waals surface area contributed by atoms with E-state index >= 15 is 0 Å². The molecule has 1 heterocycles. The molecule has 1 unspecified atom stereocenters. The number of fused-ring (bicyclic) bond motifs is 1. The van der Waals surface area contributed by atoms with E-state index in [1.54, 1.807) is 5.56 Å². The quantitative estimate of drug-likeness (QED) is 0.691. The second kappa shape index (κ2) is 3.51. The van der Waals surface area contributed by atoms with Crippen molar-refractivity contribution in [2.45, 2.75) is 32.7 Å². The summed E-state index contributed by atoms with van der Waals surface area (Å²) >= 11 is 0. The van der Waals surface area contributed by atoms with Gasteiger partial charge in [0.2, 0.25) is 0 Å². The molecule has 0 aliphatic carbocycles. The van der Waals surface area contributed by atoms with Gasteiger partial charge in [0.1, 0.15) is 0 Å². The Balaban J connectivity index is 2.45. The summed E-state index contributed by atoms with van der Waals surface area (Å²) in [4.78, 5) is 0. The summed E-state index contributed by atoms with van der Waals surface area (Å²) in [5.41, 5.74) is 4.55. The predicted molar refractivity (Wildman–Crippen MR) is 55.9 cm³/mol. The van der Waals surface area contributed by atoms with Crippen LogP contribution in [0.3, 0.4) is 0 Å². The highest BCUT2D eigenvalue weighted by Crippen LogP contribution is 2.26. The Kier molecular flexibility index (Phi) is 2.36. The van der Waals surface area contributed by atoms with Crippen LogP contribution in [0, 0.1) is 6.92 Å². The van der Waals surface area contributed by atoms with E-state index in [9.17, 15) is 0 Å². The smallest absolute Gasteiger partial charge is 0.0320 e. The molecular formula is C12H17N. The van der Waals surface area contributed by atoms with Crippen LogP contribution < -0.4 is 5.32 Å². The minimum atomic E-state index is 0.587. The summed E-state index contributed by atoms with van der Waals surface area (Å²) < 4.78 is 0. The first-order valence-electron chi connectivity index (χ1n) is 5.14. The van der Waals surface area contributed by atoms with Crippen molar-refractivity contribution in [3.8, 4) is 0 Å². The second-order valence-corrected chi connectivity index (χ2v) is 3.81.